The highest BCUT2D eigenvalue weighted by molar-refractivity contribution is 4.83. The minimum absolute atomic E-state index is 0.332. The summed E-state index contributed by atoms with van der Waals surface area (Å²) in [6, 6.07) is 1.20. The van der Waals surface area contributed by atoms with E-state index in [1.807, 2.05) is 0 Å². The van der Waals surface area contributed by atoms with Gasteiger partial charge in [-0.15, -0.1) is 0 Å². The lowest BCUT2D eigenvalue weighted by Crippen LogP contribution is -2.49. The van der Waals surface area contributed by atoms with Crippen molar-refractivity contribution in [3.05, 3.63) is 0 Å². The highest BCUT2D eigenvalue weighted by atomic mass is 15.1. The van der Waals surface area contributed by atoms with Crippen LogP contribution < -0.4 is 5.32 Å². The largest absolute Gasteiger partial charge is 0.312 e. The minimum Gasteiger partial charge on any atom is -0.312 e. The van der Waals surface area contributed by atoms with Crippen LogP contribution >= 0.6 is 0 Å². The lowest BCUT2D eigenvalue weighted by molar-refractivity contribution is 0.172. The summed E-state index contributed by atoms with van der Waals surface area (Å²) in [7, 11) is 2.21. The molecule has 1 atom stereocenters. The van der Waals surface area contributed by atoms with Crippen molar-refractivity contribution < 1.29 is 0 Å². The quantitative estimate of drug-likeness (QED) is 0.731. The van der Waals surface area contributed by atoms with Gasteiger partial charge in [-0.2, -0.15) is 0 Å². The first-order valence-electron chi connectivity index (χ1n) is 6.22. The Balaban J connectivity index is 4.25. The Bertz CT molecular complexity index is 158. The maximum absolute atomic E-state index is 3.65. The lowest BCUT2D eigenvalue weighted by Gasteiger charge is -2.36. The molecule has 0 saturated carbocycles. The van der Waals surface area contributed by atoms with Crippen LogP contribution in [0.2, 0.25) is 0 Å². The molecule has 15 heavy (non-hydrogen) atoms. The van der Waals surface area contributed by atoms with Gasteiger partial charge in [-0.05, 0) is 39.3 Å². The molecule has 0 aliphatic rings. The third kappa shape index (κ3) is 6.16. The van der Waals surface area contributed by atoms with E-state index >= 15 is 0 Å². The van der Waals surface area contributed by atoms with Crippen LogP contribution in [0.1, 0.15) is 48.0 Å². The Morgan fingerprint density at radius 3 is 2.07 bits per heavy atom. The molecule has 0 aromatic rings. The fourth-order valence-corrected chi connectivity index (χ4v) is 1.46. The Labute approximate surface area is 96.4 Å². The van der Waals surface area contributed by atoms with E-state index in [9.17, 15) is 0 Å². The second-order valence-corrected chi connectivity index (χ2v) is 5.91. The summed E-state index contributed by atoms with van der Waals surface area (Å²) >= 11 is 0. The van der Waals surface area contributed by atoms with E-state index in [0.717, 1.165) is 13.1 Å². The van der Waals surface area contributed by atoms with Gasteiger partial charge in [0.1, 0.15) is 0 Å². The zero-order valence-corrected chi connectivity index (χ0v) is 11.7. The Morgan fingerprint density at radius 1 is 1.20 bits per heavy atom. The van der Waals surface area contributed by atoms with E-state index in [-0.39, 0.29) is 0 Å². The van der Waals surface area contributed by atoms with Gasteiger partial charge in [-0.3, -0.25) is 0 Å². The van der Waals surface area contributed by atoms with Crippen LogP contribution in [0.5, 0.6) is 0 Å². The van der Waals surface area contributed by atoms with Crippen LogP contribution in [0.25, 0.3) is 0 Å². The second-order valence-electron chi connectivity index (χ2n) is 5.91. The van der Waals surface area contributed by atoms with Crippen LogP contribution in [0, 0.1) is 5.41 Å². The average Bonchev–Trinajstić information content (AvgIpc) is 2.09. The fourth-order valence-electron chi connectivity index (χ4n) is 1.46. The van der Waals surface area contributed by atoms with Crippen LogP contribution in [-0.4, -0.2) is 37.1 Å². The van der Waals surface area contributed by atoms with E-state index in [4.69, 9.17) is 0 Å². The Kier molecular flexibility index (Phi) is 6.46. The SMILES string of the molecule is CCCNC(CN(C)C(C)C)C(C)(C)C. The summed E-state index contributed by atoms with van der Waals surface area (Å²) in [5.74, 6) is 0. The highest BCUT2D eigenvalue weighted by Gasteiger charge is 2.25. The van der Waals surface area contributed by atoms with Crippen molar-refractivity contribution in [2.24, 2.45) is 5.41 Å². The van der Waals surface area contributed by atoms with Crippen molar-refractivity contribution in [2.45, 2.75) is 60.0 Å². The molecule has 0 aliphatic heterocycles. The normalized spacial score (nSPS) is 15.0. The number of nitrogens with one attached hydrogen (secondary N) is 1. The van der Waals surface area contributed by atoms with E-state index in [0.29, 0.717) is 17.5 Å². The van der Waals surface area contributed by atoms with Gasteiger partial charge in [0.05, 0.1) is 0 Å². The third-order valence-corrected chi connectivity index (χ3v) is 3.04. The van der Waals surface area contributed by atoms with E-state index in [2.05, 4.69) is 58.8 Å². The molecule has 0 spiro atoms. The second kappa shape index (κ2) is 6.49. The molecule has 0 heterocycles. The standard InChI is InChI=1S/C13H30N2/c1-8-9-14-12(13(4,5)6)10-15(7)11(2)3/h11-12,14H,8-10H2,1-7H3. The van der Waals surface area contributed by atoms with Crippen molar-refractivity contribution >= 4 is 0 Å². The maximum atomic E-state index is 3.65. The summed E-state index contributed by atoms with van der Waals surface area (Å²) in [5.41, 5.74) is 0.332. The molecule has 0 aromatic carbocycles. The summed E-state index contributed by atoms with van der Waals surface area (Å²) in [5, 5.41) is 3.65. The van der Waals surface area contributed by atoms with Crippen LogP contribution in [0.4, 0.5) is 0 Å². The summed E-state index contributed by atoms with van der Waals surface area (Å²) in [6.45, 7) is 15.9. The van der Waals surface area contributed by atoms with Gasteiger partial charge >= 0.3 is 0 Å². The first-order chi connectivity index (χ1) is 6.79. The average molecular weight is 214 g/mol. The molecular formula is C13H30N2. The molecule has 0 rings (SSSR count). The summed E-state index contributed by atoms with van der Waals surface area (Å²) in [4.78, 5) is 2.42. The number of hydrogen-bond donors (Lipinski definition) is 1. The van der Waals surface area contributed by atoms with Crippen LogP contribution in [0.3, 0.4) is 0 Å². The highest BCUT2D eigenvalue weighted by Crippen LogP contribution is 2.20. The van der Waals surface area contributed by atoms with E-state index < -0.39 is 0 Å². The minimum atomic E-state index is 0.332. The monoisotopic (exact) mass is 214 g/mol. The first-order valence-corrected chi connectivity index (χ1v) is 6.22. The summed E-state index contributed by atoms with van der Waals surface area (Å²) in [6.07, 6.45) is 1.21. The zero-order chi connectivity index (χ0) is 12.1. The van der Waals surface area contributed by atoms with Gasteiger partial charge < -0.3 is 10.2 Å². The number of nitrogens with zero attached hydrogens (tertiary/aromatic N) is 1. The first kappa shape index (κ1) is 14.9. The zero-order valence-electron chi connectivity index (χ0n) is 11.7. The van der Waals surface area contributed by atoms with Crippen molar-refractivity contribution in [3.63, 3.8) is 0 Å². The predicted molar refractivity (Wildman–Crippen MR) is 69.3 cm³/mol. The molecule has 0 aliphatic carbocycles. The molecular weight excluding hydrogens is 184 g/mol. The van der Waals surface area contributed by atoms with Crippen molar-refractivity contribution in [1.29, 1.82) is 0 Å². The number of rotatable bonds is 6. The van der Waals surface area contributed by atoms with Crippen LogP contribution in [0.15, 0.2) is 0 Å². The lowest BCUT2D eigenvalue weighted by atomic mass is 9.86. The molecule has 0 saturated heterocycles. The molecule has 2 nitrogen and oxygen atoms in total. The number of likely N-dealkylation sites (N-methyl/N-ethyl adjacent to an activating group) is 1. The molecule has 0 amide bonds. The molecule has 0 radical (unpaired) electrons. The maximum Gasteiger partial charge on any atom is 0.0243 e. The smallest absolute Gasteiger partial charge is 0.0243 e. The summed E-state index contributed by atoms with van der Waals surface area (Å²) < 4.78 is 0. The van der Waals surface area contributed by atoms with Crippen molar-refractivity contribution in [2.75, 3.05) is 20.1 Å². The molecule has 0 bridgehead atoms. The van der Waals surface area contributed by atoms with Gasteiger partial charge in [0.25, 0.3) is 0 Å². The van der Waals surface area contributed by atoms with E-state index in [1.54, 1.807) is 0 Å². The Morgan fingerprint density at radius 2 is 1.73 bits per heavy atom. The van der Waals surface area contributed by atoms with Gasteiger partial charge in [0.15, 0.2) is 0 Å². The number of hydrogen-bond acceptors (Lipinski definition) is 2. The molecule has 0 fully saturated rings. The van der Waals surface area contributed by atoms with Gasteiger partial charge in [-0.1, -0.05) is 27.7 Å². The van der Waals surface area contributed by atoms with Gasteiger partial charge in [0.2, 0.25) is 0 Å². The third-order valence-electron chi connectivity index (χ3n) is 3.04. The molecule has 1 unspecified atom stereocenters. The molecule has 0 aromatic heterocycles. The molecule has 2 heteroatoms. The fraction of sp³-hybridized carbons (Fsp3) is 1.00. The van der Waals surface area contributed by atoms with Gasteiger partial charge in [0, 0.05) is 18.6 Å². The van der Waals surface area contributed by atoms with Crippen molar-refractivity contribution in [1.82, 2.24) is 10.2 Å². The van der Waals surface area contributed by atoms with E-state index in [1.165, 1.54) is 6.42 Å². The van der Waals surface area contributed by atoms with Gasteiger partial charge in [-0.25, -0.2) is 0 Å². The predicted octanol–water partition coefficient (Wildman–Crippen LogP) is 2.74. The van der Waals surface area contributed by atoms with Crippen molar-refractivity contribution in [3.8, 4) is 0 Å². The van der Waals surface area contributed by atoms with Crippen LogP contribution in [-0.2, 0) is 0 Å². The molecule has 92 valence electrons. The Hall–Kier alpha value is -0.0800. The molecule has 1 N–H and O–H groups in total. The topological polar surface area (TPSA) is 15.3 Å².